The molecule has 7 heteroatoms. The van der Waals surface area contributed by atoms with Gasteiger partial charge in [0.25, 0.3) is 0 Å². The third-order valence-electron chi connectivity index (χ3n) is 6.19. The molecule has 27 heavy (non-hydrogen) atoms. The van der Waals surface area contributed by atoms with Crippen molar-refractivity contribution in [3.63, 3.8) is 0 Å². The van der Waals surface area contributed by atoms with Crippen LogP contribution >= 0.6 is 23.2 Å². The zero-order valence-corrected chi connectivity index (χ0v) is 16.2. The average molecular weight is 404 g/mol. The van der Waals surface area contributed by atoms with Gasteiger partial charge in [0, 0.05) is 16.6 Å². The highest BCUT2D eigenvalue weighted by molar-refractivity contribution is 6.35. The molecule has 140 valence electrons. The molecular weight excluding hydrogens is 385 g/mol. The molecule has 0 unspecified atom stereocenters. The van der Waals surface area contributed by atoms with Crippen molar-refractivity contribution in [2.75, 3.05) is 0 Å². The summed E-state index contributed by atoms with van der Waals surface area (Å²) in [5.41, 5.74) is 0.182. The molecule has 6 rings (SSSR count). The van der Waals surface area contributed by atoms with Crippen molar-refractivity contribution in [3.05, 3.63) is 52.4 Å². The van der Waals surface area contributed by atoms with Crippen LogP contribution in [0.2, 0.25) is 10.0 Å². The predicted octanol–water partition coefficient (Wildman–Crippen LogP) is 5.17. The maximum Gasteiger partial charge on any atom is 0.203 e. The minimum Gasteiger partial charge on any atom is -0.452 e. The van der Waals surface area contributed by atoms with E-state index in [9.17, 15) is 5.11 Å². The quantitative estimate of drug-likeness (QED) is 0.655. The number of nitrogens with zero attached hydrogens (tertiary/aromatic N) is 3. The Kier molecular flexibility index (Phi) is 3.90. The van der Waals surface area contributed by atoms with Crippen molar-refractivity contribution >= 4 is 28.8 Å². The Bertz CT molecular complexity index is 1010. The van der Waals surface area contributed by atoms with Crippen LogP contribution in [0.1, 0.15) is 44.3 Å². The number of halogens is 2. The fourth-order valence-electron chi connectivity index (χ4n) is 4.51. The number of hydrogen-bond acceptors (Lipinski definition) is 4. The Balaban J connectivity index is 1.54. The van der Waals surface area contributed by atoms with Crippen LogP contribution < -0.4 is 4.74 Å². The van der Waals surface area contributed by atoms with Crippen LogP contribution in [-0.2, 0) is 5.41 Å². The molecule has 0 radical (unpaired) electrons. The van der Waals surface area contributed by atoms with Gasteiger partial charge in [0.15, 0.2) is 5.75 Å². The van der Waals surface area contributed by atoms with Gasteiger partial charge in [0.05, 0.1) is 10.6 Å². The van der Waals surface area contributed by atoms with Crippen LogP contribution in [0.3, 0.4) is 0 Å². The van der Waals surface area contributed by atoms with Gasteiger partial charge in [-0.05, 0) is 68.9 Å². The zero-order chi connectivity index (χ0) is 18.6. The minimum absolute atomic E-state index is 0.0135. The summed E-state index contributed by atoms with van der Waals surface area (Å²) >= 11 is 12.2. The van der Waals surface area contributed by atoms with Gasteiger partial charge in [-0.25, -0.2) is 0 Å². The molecule has 1 N–H and O–H groups in total. The summed E-state index contributed by atoms with van der Waals surface area (Å²) in [4.78, 5) is 0. The normalized spacial score (nSPS) is 27.2. The van der Waals surface area contributed by atoms with Crippen LogP contribution in [0.4, 0.5) is 0 Å². The highest BCUT2D eigenvalue weighted by Gasteiger charge is 2.50. The molecule has 5 nitrogen and oxygen atoms in total. The Morgan fingerprint density at radius 2 is 1.70 bits per heavy atom. The Labute approximate surface area is 166 Å². The van der Waals surface area contributed by atoms with Crippen molar-refractivity contribution in [1.82, 2.24) is 14.6 Å². The third-order valence-corrected chi connectivity index (χ3v) is 6.72. The Hall–Kier alpha value is -1.82. The van der Waals surface area contributed by atoms with Gasteiger partial charge in [-0.3, -0.25) is 4.40 Å². The summed E-state index contributed by atoms with van der Waals surface area (Å²) in [6.45, 7) is 0. The van der Waals surface area contributed by atoms with Gasteiger partial charge in [0.2, 0.25) is 5.65 Å². The molecule has 1 aromatic carbocycles. The standard InChI is InChI=1S/C20H19Cl2N3O2/c21-13-3-4-15(14(22)12-13)27-16-2-1-11-25-17(16)23-24-18(25)19-5-8-20(26,9-6-19)10-7-19/h1-4,11-12,26H,5-10H2. The highest BCUT2D eigenvalue weighted by atomic mass is 35.5. The number of aromatic nitrogens is 3. The van der Waals surface area contributed by atoms with Crippen LogP contribution in [-0.4, -0.2) is 25.3 Å². The monoisotopic (exact) mass is 403 g/mol. The SMILES string of the molecule is OC12CCC(c3nnc4c(Oc5ccc(Cl)cc5Cl)cccn34)(CC1)CC2. The maximum absolute atomic E-state index is 10.5. The average Bonchev–Trinajstić information content (AvgIpc) is 3.11. The summed E-state index contributed by atoms with van der Waals surface area (Å²) in [5.74, 6) is 2.09. The van der Waals surface area contributed by atoms with E-state index in [4.69, 9.17) is 27.9 Å². The molecule has 0 atom stereocenters. The second-order valence-corrected chi connectivity index (χ2v) is 8.61. The number of hydrogen-bond donors (Lipinski definition) is 1. The second kappa shape index (κ2) is 6.09. The molecule has 0 spiro atoms. The van der Waals surface area contributed by atoms with E-state index in [1.807, 2.05) is 22.7 Å². The van der Waals surface area contributed by atoms with E-state index in [0.29, 0.717) is 27.2 Å². The number of ether oxygens (including phenoxy) is 1. The van der Waals surface area contributed by atoms with Gasteiger partial charge < -0.3 is 9.84 Å². The van der Waals surface area contributed by atoms with Crippen molar-refractivity contribution in [1.29, 1.82) is 0 Å². The van der Waals surface area contributed by atoms with Gasteiger partial charge in [-0.2, -0.15) is 0 Å². The topological polar surface area (TPSA) is 59.7 Å². The number of pyridine rings is 1. The lowest BCUT2D eigenvalue weighted by Crippen LogP contribution is -2.48. The van der Waals surface area contributed by atoms with Gasteiger partial charge in [-0.1, -0.05) is 23.2 Å². The molecule has 3 aromatic rings. The van der Waals surface area contributed by atoms with Crippen LogP contribution in [0.5, 0.6) is 11.5 Å². The fourth-order valence-corrected chi connectivity index (χ4v) is 4.96. The summed E-state index contributed by atoms with van der Waals surface area (Å²) in [6, 6.07) is 8.92. The molecule has 3 aliphatic rings. The molecule has 3 fully saturated rings. The fraction of sp³-hybridized carbons (Fsp3) is 0.400. The predicted molar refractivity (Wildman–Crippen MR) is 104 cm³/mol. The molecule has 2 bridgehead atoms. The minimum atomic E-state index is -0.470. The molecule has 0 saturated heterocycles. The Morgan fingerprint density at radius 3 is 2.41 bits per heavy atom. The first-order valence-corrected chi connectivity index (χ1v) is 9.93. The largest absolute Gasteiger partial charge is 0.452 e. The molecule has 0 aliphatic heterocycles. The van der Waals surface area contributed by atoms with E-state index >= 15 is 0 Å². The zero-order valence-electron chi connectivity index (χ0n) is 14.7. The smallest absolute Gasteiger partial charge is 0.203 e. The summed E-state index contributed by atoms with van der Waals surface area (Å²) in [6.07, 6.45) is 7.30. The van der Waals surface area contributed by atoms with Gasteiger partial charge >= 0.3 is 0 Å². The first-order valence-electron chi connectivity index (χ1n) is 9.18. The van der Waals surface area contributed by atoms with Crippen LogP contribution in [0.25, 0.3) is 5.65 Å². The number of benzene rings is 1. The lowest BCUT2D eigenvalue weighted by atomic mass is 9.58. The van der Waals surface area contributed by atoms with E-state index in [2.05, 4.69) is 10.2 Å². The summed E-state index contributed by atoms with van der Waals surface area (Å²) in [7, 11) is 0. The molecule has 2 aromatic heterocycles. The molecule has 3 aliphatic carbocycles. The first kappa shape index (κ1) is 17.3. The number of fused-ring (bicyclic) bond motifs is 4. The summed E-state index contributed by atoms with van der Waals surface area (Å²) < 4.78 is 8.04. The van der Waals surface area contributed by atoms with E-state index in [1.165, 1.54) is 0 Å². The van der Waals surface area contributed by atoms with E-state index in [1.54, 1.807) is 18.2 Å². The highest BCUT2D eigenvalue weighted by Crippen LogP contribution is 2.53. The molecule has 3 saturated carbocycles. The lowest BCUT2D eigenvalue weighted by molar-refractivity contribution is -0.0682. The van der Waals surface area contributed by atoms with Crippen LogP contribution in [0, 0.1) is 0 Å². The van der Waals surface area contributed by atoms with Crippen molar-refractivity contribution in [2.45, 2.75) is 49.5 Å². The molecular formula is C20H19Cl2N3O2. The van der Waals surface area contributed by atoms with E-state index < -0.39 is 5.60 Å². The van der Waals surface area contributed by atoms with Crippen molar-refractivity contribution < 1.29 is 9.84 Å². The van der Waals surface area contributed by atoms with Gasteiger partial charge in [0.1, 0.15) is 11.6 Å². The Morgan fingerprint density at radius 1 is 0.963 bits per heavy atom. The number of rotatable bonds is 3. The van der Waals surface area contributed by atoms with E-state index in [-0.39, 0.29) is 5.41 Å². The second-order valence-electron chi connectivity index (χ2n) is 7.77. The lowest BCUT2D eigenvalue weighted by Gasteiger charge is -2.49. The maximum atomic E-state index is 10.5. The molecule has 2 heterocycles. The van der Waals surface area contributed by atoms with Crippen molar-refractivity contribution in [3.8, 4) is 11.5 Å². The number of aliphatic hydroxyl groups is 1. The third kappa shape index (κ3) is 2.80. The van der Waals surface area contributed by atoms with E-state index in [0.717, 1.165) is 44.3 Å². The van der Waals surface area contributed by atoms with Crippen molar-refractivity contribution in [2.24, 2.45) is 0 Å². The van der Waals surface area contributed by atoms with Gasteiger partial charge in [-0.15, -0.1) is 10.2 Å². The first-order chi connectivity index (χ1) is 13.0. The molecule has 0 amide bonds. The summed E-state index contributed by atoms with van der Waals surface area (Å²) in [5, 5.41) is 20.5. The van der Waals surface area contributed by atoms with Crippen LogP contribution in [0.15, 0.2) is 36.5 Å².